The summed E-state index contributed by atoms with van der Waals surface area (Å²) in [5, 5.41) is 14.5. The van der Waals surface area contributed by atoms with Gasteiger partial charge < -0.3 is 14.8 Å². The lowest BCUT2D eigenvalue weighted by atomic mass is 10.1. The third-order valence-corrected chi connectivity index (χ3v) is 7.16. The predicted octanol–water partition coefficient (Wildman–Crippen LogP) is 4.48. The highest BCUT2D eigenvalue weighted by molar-refractivity contribution is 7.99. The van der Waals surface area contributed by atoms with Gasteiger partial charge in [0, 0.05) is 41.7 Å². The zero-order chi connectivity index (χ0) is 22.5. The molecule has 2 heterocycles. The lowest BCUT2D eigenvalue weighted by Crippen LogP contribution is -2.30. The van der Waals surface area contributed by atoms with Crippen LogP contribution < -0.4 is 5.32 Å². The smallest absolute Gasteiger partial charge is 0.253 e. The van der Waals surface area contributed by atoms with Gasteiger partial charge in [0.1, 0.15) is 5.82 Å². The molecule has 1 fully saturated rings. The van der Waals surface area contributed by atoms with E-state index >= 15 is 0 Å². The van der Waals surface area contributed by atoms with Gasteiger partial charge in [-0.2, -0.15) is 0 Å². The highest BCUT2D eigenvalue weighted by Gasteiger charge is 2.30. The van der Waals surface area contributed by atoms with Crippen LogP contribution in [0.3, 0.4) is 0 Å². The maximum atomic E-state index is 12.6. The molecule has 0 saturated heterocycles. The van der Waals surface area contributed by atoms with Crippen LogP contribution in [-0.4, -0.2) is 50.3 Å². The Kier molecular flexibility index (Phi) is 7.26. The molecule has 2 amide bonds. The van der Waals surface area contributed by atoms with Crippen molar-refractivity contribution in [2.75, 3.05) is 24.2 Å². The summed E-state index contributed by atoms with van der Waals surface area (Å²) >= 11 is 3.12. The van der Waals surface area contributed by atoms with E-state index in [0.29, 0.717) is 30.4 Å². The molecule has 0 radical (unpaired) electrons. The lowest BCUT2D eigenvalue weighted by molar-refractivity contribution is -0.113. The van der Waals surface area contributed by atoms with Crippen molar-refractivity contribution in [2.45, 2.75) is 44.3 Å². The van der Waals surface area contributed by atoms with Crippen LogP contribution in [0.5, 0.6) is 0 Å². The molecule has 0 spiro atoms. The van der Waals surface area contributed by atoms with Crippen molar-refractivity contribution < 1.29 is 9.59 Å². The summed E-state index contributed by atoms with van der Waals surface area (Å²) in [6.07, 6.45) is 3.02. The highest BCUT2D eigenvalue weighted by atomic mass is 32.2. The highest BCUT2D eigenvalue weighted by Crippen LogP contribution is 2.39. The molecule has 1 saturated carbocycles. The van der Waals surface area contributed by atoms with Crippen molar-refractivity contribution in [1.29, 1.82) is 0 Å². The number of nitrogens with zero attached hydrogens (tertiary/aromatic N) is 4. The Morgan fingerprint density at radius 1 is 1.19 bits per heavy atom. The molecular weight excluding hydrogens is 442 g/mol. The van der Waals surface area contributed by atoms with E-state index in [1.807, 2.05) is 19.9 Å². The molecule has 2 aromatic heterocycles. The molecule has 7 nitrogen and oxygen atoms in total. The second kappa shape index (κ2) is 10.3. The first-order chi connectivity index (χ1) is 15.6. The van der Waals surface area contributed by atoms with E-state index in [9.17, 15) is 9.59 Å². The monoisotopic (exact) mass is 469 g/mol. The Morgan fingerprint density at radius 2 is 2.00 bits per heavy atom. The fourth-order valence-electron chi connectivity index (χ4n) is 3.55. The molecule has 3 aromatic rings. The molecule has 1 N–H and O–H groups in total. The number of carbonyl (C=O) groups excluding carboxylic acids is 2. The maximum absolute atomic E-state index is 12.6. The summed E-state index contributed by atoms with van der Waals surface area (Å²) in [7, 11) is 0. The fraction of sp³-hybridized carbons (Fsp3) is 0.391. The van der Waals surface area contributed by atoms with Crippen molar-refractivity contribution in [3.63, 3.8) is 0 Å². The van der Waals surface area contributed by atoms with Crippen molar-refractivity contribution >= 4 is 40.6 Å². The van der Waals surface area contributed by atoms with Gasteiger partial charge in [0.25, 0.3) is 5.91 Å². The number of rotatable bonds is 10. The van der Waals surface area contributed by atoms with Crippen LogP contribution in [-0.2, 0) is 11.2 Å². The quantitative estimate of drug-likeness (QED) is 0.443. The third kappa shape index (κ3) is 5.39. The van der Waals surface area contributed by atoms with Gasteiger partial charge in [-0.05, 0) is 56.3 Å². The largest absolute Gasteiger partial charge is 0.339 e. The Labute approximate surface area is 196 Å². The number of amides is 2. The Hall–Kier alpha value is -2.65. The van der Waals surface area contributed by atoms with Gasteiger partial charge in [-0.3, -0.25) is 9.59 Å². The maximum Gasteiger partial charge on any atom is 0.253 e. The van der Waals surface area contributed by atoms with Crippen LogP contribution in [0.25, 0.3) is 0 Å². The summed E-state index contributed by atoms with van der Waals surface area (Å²) in [6.45, 7) is 5.21. The minimum Gasteiger partial charge on any atom is -0.339 e. The van der Waals surface area contributed by atoms with Gasteiger partial charge in [0.2, 0.25) is 5.91 Å². The van der Waals surface area contributed by atoms with Crippen molar-refractivity contribution in [3.05, 3.63) is 58.0 Å². The summed E-state index contributed by atoms with van der Waals surface area (Å²) < 4.78 is 2.20. The van der Waals surface area contributed by atoms with Gasteiger partial charge in [-0.25, -0.2) is 0 Å². The summed E-state index contributed by atoms with van der Waals surface area (Å²) in [5.41, 5.74) is 1.20. The molecule has 0 unspecified atom stereocenters. The Balaban J connectivity index is 1.38. The number of hydrogen-bond donors (Lipinski definition) is 1. The van der Waals surface area contributed by atoms with E-state index < -0.39 is 0 Å². The first-order valence-corrected chi connectivity index (χ1v) is 12.7. The molecule has 4 rings (SSSR count). The van der Waals surface area contributed by atoms with Gasteiger partial charge >= 0.3 is 0 Å². The normalized spacial score (nSPS) is 13.2. The third-order valence-electron chi connectivity index (χ3n) is 5.34. The van der Waals surface area contributed by atoms with E-state index in [1.165, 1.54) is 16.6 Å². The van der Waals surface area contributed by atoms with E-state index in [2.05, 4.69) is 31.5 Å². The molecule has 168 valence electrons. The first-order valence-electron chi connectivity index (χ1n) is 10.9. The van der Waals surface area contributed by atoms with Crippen LogP contribution in [0.1, 0.15) is 53.8 Å². The number of nitrogens with one attached hydrogen (secondary N) is 1. The van der Waals surface area contributed by atoms with Crippen LogP contribution in [0.2, 0.25) is 0 Å². The number of aromatic nitrogens is 3. The first kappa shape index (κ1) is 22.5. The molecule has 1 aliphatic carbocycles. The van der Waals surface area contributed by atoms with Gasteiger partial charge in [-0.1, -0.05) is 23.9 Å². The molecule has 0 bridgehead atoms. The van der Waals surface area contributed by atoms with Crippen molar-refractivity contribution in [3.8, 4) is 0 Å². The van der Waals surface area contributed by atoms with E-state index in [4.69, 9.17) is 0 Å². The number of benzene rings is 1. The standard InChI is InChI=1S/C23H27N5O2S2/c1-3-27(4-2)22(30)16-7-5-8-17(13-16)24-21(29)15-32-23-26-25-20(28(23)18-10-11-18)14-19-9-6-12-31-19/h5-9,12-13,18H,3-4,10-11,14-15H2,1-2H3,(H,24,29). The van der Waals surface area contributed by atoms with Crippen LogP contribution in [0.15, 0.2) is 46.9 Å². The minimum atomic E-state index is -0.132. The molecule has 32 heavy (non-hydrogen) atoms. The van der Waals surface area contributed by atoms with Crippen LogP contribution >= 0.6 is 23.1 Å². The predicted molar refractivity (Wildman–Crippen MR) is 128 cm³/mol. The lowest BCUT2D eigenvalue weighted by Gasteiger charge is -2.19. The van der Waals surface area contributed by atoms with E-state index in [1.54, 1.807) is 40.5 Å². The number of thioether (sulfide) groups is 1. The summed E-state index contributed by atoms with van der Waals surface area (Å²) in [5.74, 6) is 1.03. The molecule has 0 aliphatic heterocycles. The van der Waals surface area contributed by atoms with Gasteiger partial charge in [-0.15, -0.1) is 21.5 Å². The van der Waals surface area contributed by atoms with Crippen LogP contribution in [0.4, 0.5) is 5.69 Å². The molecule has 1 aliphatic rings. The van der Waals surface area contributed by atoms with Crippen LogP contribution in [0, 0.1) is 0 Å². The number of carbonyl (C=O) groups is 2. The minimum absolute atomic E-state index is 0.0312. The SMILES string of the molecule is CCN(CC)C(=O)c1cccc(NC(=O)CSc2nnc(Cc3cccs3)n2C2CC2)c1. The Bertz CT molecular complexity index is 1070. The van der Waals surface area contributed by atoms with Gasteiger partial charge in [0.05, 0.1) is 5.75 Å². The molecular formula is C23H27N5O2S2. The summed E-state index contributed by atoms with van der Waals surface area (Å²) in [6, 6.07) is 11.7. The second-order valence-corrected chi connectivity index (χ2v) is 9.63. The number of anilines is 1. The van der Waals surface area contributed by atoms with Crippen molar-refractivity contribution in [2.24, 2.45) is 0 Å². The Morgan fingerprint density at radius 3 is 2.69 bits per heavy atom. The zero-order valence-electron chi connectivity index (χ0n) is 18.3. The summed E-state index contributed by atoms with van der Waals surface area (Å²) in [4.78, 5) is 28.2. The van der Waals surface area contributed by atoms with E-state index in [-0.39, 0.29) is 17.6 Å². The molecule has 1 aromatic carbocycles. The average Bonchev–Trinajstić information content (AvgIpc) is 3.35. The topological polar surface area (TPSA) is 80.1 Å². The van der Waals surface area contributed by atoms with Gasteiger partial charge in [0.15, 0.2) is 5.16 Å². The van der Waals surface area contributed by atoms with Crippen molar-refractivity contribution in [1.82, 2.24) is 19.7 Å². The zero-order valence-corrected chi connectivity index (χ0v) is 19.9. The number of thiophene rings is 1. The number of hydrogen-bond acceptors (Lipinski definition) is 6. The average molecular weight is 470 g/mol. The molecule has 9 heteroatoms. The fourth-order valence-corrected chi connectivity index (χ4v) is 5.07. The van der Waals surface area contributed by atoms with E-state index in [0.717, 1.165) is 30.2 Å². The second-order valence-electron chi connectivity index (χ2n) is 7.65. The molecule has 0 atom stereocenters.